The molecule has 0 fully saturated rings. The first kappa shape index (κ1) is 15.2. The van der Waals surface area contributed by atoms with Gasteiger partial charge in [0.1, 0.15) is 0 Å². The van der Waals surface area contributed by atoms with Gasteiger partial charge in [-0.2, -0.15) is 5.26 Å². The molecule has 1 aromatic carbocycles. The van der Waals surface area contributed by atoms with Crippen LogP contribution in [0.2, 0.25) is 0 Å². The minimum atomic E-state index is -0.771. The van der Waals surface area contributed by atoms with Gasteiger partial charge in [-0.1, -0.05) is 25.5 Å². The zero-order valence-corrected chi connectivity index (χ0v) is 11.3. The van der Waals surface area contributed by atoms with E-state index in [0.717, 1.165) is 24.9 Å². The van der Waals surface area contributed by atoms with Gasteiger partial charge in [0.25, 0.3) is 0 Å². The lowest BCUT2D eigenvalue weighted by molar-refractivity contribution is -0.137. The van der Waals surface area contributed by atoms with Crippen LogP contribution in [0.25, 0.3) is 0 Å². The molecule has 0 saturated heterocycles. The highest BCUT2D eigenvalue weighted by Crippen LogP contribution is 2.09. The van der Waals surface area contributed by atoms with E-state index < -0.39 is 5.97 Å². The van der Waals surface area contributed by atoms with E-state index in [4.69, 9.17) is 10.4 Å². The van der Waals surface area contributed by atoms with Crippen LogP contribution in [0.4, 0.5) is 0 Å². The van der Waals surface area contributed by atoms with Gasteiger partial charge in [0.15, 0.2) is 0 Å². The Kier molecular flexibility index (Phi) is 6.62. The molecule has 102 valence electrons. The highest BCUT2D eigenvalue weighted by Gasteiger charge is 2.08. The SMILES string of the molecule is CCCCN(CCC(=O)O)Cc1cccc(C#N)c1. The Morgan fingerprint density at radius 2 is 2.21 bits per heavy atom. The Hall–Kier alpha value is -1.86. The second-order valence-corrected chi connectivity index (χ2v) is 4.59. The maximum Gasteiger partial charge on any atom is 0.304 e. The fraction of sp³-hybridized carbons (Fsp3) is 0.467. The summed E-state index contributed by atoms with van der Waals surface area (Å²) in [6, 6.07) is 9.59. The van der Waals surface area contributed by atoms with Gasteiger partial charge < -0.3 is 5.11 Å². The second-order valence-electron chi connectivity index (χ2n) is 4.59. The minimum absolute atomic E-state index is 0.154. The van der Waals surface area contributed by atoms with Gasteiger partial charge in [-0.15, -0.1) is 0 Å². The van der Waals surface area contributed by atoms with E-state index in [0.29, 0.717) is 18.7 Å². The molecule has 0 spiro atoms. The van der Waals surface area contributed by atoms with Gasteiger partial charge in [0.2, 0.25) is 0 Å². The molecule has 1 N–H and O–H groups in total. The van der Waals surface area contributed by atoms with Crippen molar-refractivity contribution < 1.29 is 9.90 Å². The zero-order valence-electron chi connectivity index (χ0n) is 11.3. The zero-order chi connectivity index (χ0) is 14.1. The van der Waals surface area contributed by atoms with Crippen LogP contribution in [0.3, 0.4) is 0 Å². The third kappa shape index (κ3) is 6.03. The van der Waals surface area contributed by atoms with Gasteiger partial charge >= 0.3 is 5.97 Å². The number of benzene rings is 1. The van der Waals surface area contributed by atoms with Crippen molar-refractivity contribution in [2.24, 2.45) is 0 Å². The number of nitriles is 1. The van der Waals surface area contributed by atoms with Crippen LogP contribution in [0, 0.1) is 11.3 Å². The van der Waals surface area contributed by atoms with Crippen molar-refractivity contribution >= 4 is 5.97 Å². The summed E-state index contributed by atoms with van der Waals surface area (Å²) in [7, 11) is 0. The number of rotatable bonds is 8. The van der Waals surface area contributed by atoms with Gasteiger partial charge in [-0.05, 0) is 30.7 Å². The maximum atomic E-state index is 10.7. The average molecular weight is 260 g/mol. The number of unbranched alkanes of at least 4 members (excludes halogenated alkanes) is 1. The van der Waals surface area contributed by atoms with E-state index in [2.05, 4.69) is 17.9 Å². The standard InChI is InChI=1S/C15H20N2O2/c1-2-3-8-17(9-7-15(18)19)12-14-6-4-5-13(10-14)11-16/h4-6,10H,2-3,7-9,12H2,1H3,(H,18,19). The summed E-state index contributed by atoms with van der Waals surface area (Å²) >= 11 is 0. The van der Waals surface area contributed by atoms with Gasteiger partial charge in [-0.3, -0.25) is 9.69 Å². The Morgan fingerprint density at radius 3 is 2.84 bits per heavy atom. The van der Waals surface area contributed by atoms with Crippen molar-refractivity contribution in [2.75, 3.05) is 13.1 Å². The molecular formula is C15H20N2O2. The lowest BCUT2D eigenvalue weighted by Gasteiger charge is -2.21. The van der Waals surface area contributed by atoms with Crippen molar-refractivity contribution in [2.45, 2.75) is 32.7 Å². The molecule has 0 atom stereocenters. The molecule has 1 rings (SSSR count). The molecule has 0 heterocycles. The highest BCUT2D eigenvalue weighted by atomic mass is 16.4. The van der Waals surface area contributed by atoms with E-state index in [1.807, 2.05) is 18.2 Å². The van der Waals surface area contributed by atoms with E-state index in [1.165, 1.54) is 0 Å². The highest BCUT2D eigenvalue weighted by molar-refractivity contribution is 5.66. The van der Waals surface area contributed by atoms with Crippen LogP contribution in [-0.2, 0) is 11.3 Å². The number of aliphatic carboxylic acids is 1. The van der Waals surface area contributed by atoms with Gasteiger partial charge in [-0.25, -0.2) is 0 Å². The lowest BCUT2D eigenvalue weighted by atomic mass is 10.1. The molecule has 0 radical (unpaired) electrons. The monoisotopic (exact) mass is 260 g/mol. The average Bonchev–Trinajstić information content (AvgIpc) is 2.42. The Bertz CT molecular complexity index is 452. The normalized spacial score (nSPS) is 10.4. The van der Waals surface area contributed by atoms with Crippen LogP contribution < -0.4 is 0 Å². The second kappa shape index (κ2) is 8.28. The van der Waals surface area contributed by atoms with Gasteiger partial charge in [0, 0.05) is 13.1 Å². The molecule has 0 aliphatic rings. The largest absolute Gasteiger partial charge is 0.481 e. The van der Waals surface area contributed by atoms with Crippen molar-refractivity contribution in [1.82, 2.24) is 4.90 Å². The molecule has 1 aromatic rings. The summed E-state index contributed by atoms with van der Waals surface area (Å²) in [6.07, 6.45) is 2.29. The van der Waals surface area contributed by atoms with Crippen molar-refractivity contribution in [3.05, 3.63) is 35.4 Å². The van der Waals surface area contributed by atoms with E-state index in [-0.39, 0.29) is 6.42 Å². The Morgan fingerprint density at radius 1 is 1.42 bits per heavy atom. The third-order valence-corrected chi connectivity index (χ3v) is 2.93. The van der Waals surface area contributed by atoms with Crippen LogP contribution in [0.1, 0.15) is 37.3 Å². The Labute approximate surface area is 114 Å². The van der Waals surface area contributed by atoms with Crippen LogP contribution in [-0.4, -0.2) is 29.1 Å². The van der Waals surface area contributed by atoms with Crippen molar-refractivity contribution in [3.8, 4) is 6.07 Å². The number of hydrogen-bond acceptors (Lipinski definition) is 3. The summed E-state index contributed by atoms with van der Waals surface area (Å²) in [5.74, 6) is -0.771. The summed E-state index contributed by atoms with van der Waals surface area (Å²) < 4.78 is 0. The van der Waals surface area contributed by atoms with Crippen molar-refractivity contribution in [1.29, 1.82) is 5.26 Å². The first-order valence-corrected chi connectivity index (χ1v) is 6.59. The number of carboxylic acids is 1. The fourth-order valence-corrected chi connectivity index (χ4v) is 1.90. The number of carbonyl (C=O) groups is 1. The van der Waals surface area contributed by atoms with Crippen LogP contribution in [0.5, 0.6) is 0 Å². The first-order chi connectivity index (χ1) is 9.15. The number of hydrogen-bond donors (Lipinski definition) is 1. The molecule has 0 amide bonds. The van der Waals surface area contributed by atoms with Gasteiger partial charge in [0.05, 0.1) is 18.1 Å². The Balaban J connectivity index is 2.63. The maximum absolute atomic E-state index is 10.7. The molecule has 4 nitrogen and oxygen atoms in total. The third-order valence-electron chi connectivity index (χ3n) is 2.93. The predicted octanol–water partition coefficient (Wildman–Crippen LogP) is 2.64. The first-order valence-electron chi connectivity index (χ1n) is 6.59. The number of nitrogens with zero attached hydrogens (tertiary/aromatic N) is 2. The summed E-state index contributed by atoms with van der Waals surface area (Å²) in [5, 5.41) is 17.6. The van der Waals surface area contributed by atoms with E-state index in [1.54, 1.807) is 6.07 Å². The topological polar surface area (TPSA) is 64.3 Å². The summed E-state index contributed by atoms with van der Waals surface area (Å²) in [4.78, 5) is 12.8. The minimum Gasteiger partial charge on any atom is -0.481 e. The molecule has 0 aromatic heterocycles. The smallest absolute Gasteiger partial charge is 0.304 e. The van der Waals surface area contributed by atoms with Crippen LogP contribution >= 0.6 is 0 Å². The van der Waals surface area contributed by atoms with E-state index >= 15 is 0 Å². The van der Waals surface area contributed by atoms with Crippen LogP contribution in [0.15, 0.2) is 24.3 Å². The lowest BCUT2D eigenvalue weighted by Crippen LogP contribution is -2.27. The molecule has 0 saturated carbocycles. The van der Waals surface area contributed by atoms with Crippen molar-refractivity contribution in [3.63, 3.8) is 0 Å². The molecule has 0 aliphatic carbocycles. The molecule has 0 aliphatic heterocycles. The molecule has 0 bridgehead atoms. The van der Waals surface area contributed by atoms with E-state index in [9.17, 15) is 4.79 Å². The molecule has 0 unspecified atom stereocenters. The molecule has 4 heteroatoms. The molecule has 19 heavy (non-hydrogen) atoms. The quantitative estimate of drug-likeness (QED) is 0.780. The summed E-state index contributed by atoms with van der Waals surface area (Å²) in [5.41, 5.74) is 1.70. The number of carboxylic acid groups (broad SMARTS) is 1. The molecular weight excluding hydrogens is 240 g/mol. The fourth-order valence-electron chi connectivity index (χ4n) is 1.90. The predicted molar refractivity (Wildman–Crippen MR) is 73.6 cm³/mol. The summed E-state index contributed by atoms with van der Waals surface area (Å²) in [6.45, 7) is 4.25.